The molecule has 0 saturated heterocycles. The molecule has 0 unspecified atom stereocenters. The molecule has 0 aliphatic rings. The predicted molar refractivity (Wildman–Crippen MR) is 70.1 cm³/mol. The van der Waals surface area contributed by atoms with Gasteiger partial charge in [0, 0.05) is 10.8 Å². The van der Waals surface area contributed by atoms with Gasteiger partial charge in [-0.1, -0.05) is 36.9 Å². The topological polar surface area (TPSA) is 22.1 Å². The summed E-state index contributed by atoms with van der Waals surface area (Å²) in [5.74, 6) is 0.739. The standard InChI is InChI=1S/C15H11NO/c1-2-17-14-9-5-7-12-10-11-6-3-4-8-13(11)16-15(12)14/h2-10H,1H2. The minimum atomic E-state index is 0.739. The van der Waals surface area contributed by atoms with E-state index in [4.69, 9.17) is 4.74 Å². The van der Waals surface area contributed by atoms with Crippen molar-refractivity contribution >= 4 is 21.8 Å². The lowest BCUT2D eigenvalue weighted by atomic mass is 10.1. The lowest BCUT2D eigenvalue weighted by molar-refractivity contribution is 0.488. The number of rotatable bonds is 2. The summed E-state index contributed by atoms with van der Waals surface area (Å²) in [7, 11) is 0. The first-order valence-corrected chi connectivity index (χ1v) is 5.44. The van der Waals surface area contributed by atoms with E-state index in [1.165, 1.54) is 6.26 Å². The van der Waals surface area contributed by atoms with Crippen LogP contribution in [0.15, 0.2) is 61.4 Å². The van der Waals surface area contributed by atoms with Gasteiger partial charge in [-0.15, -0.1) is 0 Å². The first kappa shape index (κ1) is 9.85. The minimum Gasteiger partial charge on any atom is -0.463 e. The molecule has 0 atom stereocenters. The molecule has 2 aromatic carbocycles. The third-order valence-electron chi connectivity index (χ3n) is 2.72. The number of benzene rings is 2. The van der Waals surface area contributed by atoms with Crippen LogP contribution < -0.4 is 4.74 Å². The summed E-state index contributed by atoms with van der Waals surface area (Å²) in [5, 5.41) is 2.21. The van der Waals surface area contributed by atoms with E-state index in [1.807, 2.05) is 36.4 Å². The van der Waals surface area contributed by atoms with Crippen LogP contribution in [0, 0.1) is 0 Å². The highest BCUT2D eigenvalue weighted by Gasteiger charge is 2.04. The Morgan fingerprint density at radius 1 is 1.00 bits per heavy atom. The van der Waals surface area contributed by atoms with E-state index >= 15 is 0 Å². The molecule has 0 aliphatic heterocycles. The Morgan fingerprint density at radius 3 is 2.71 bits per heavy atom. The molecule has 0 bridgehead atoms. The smallest absolute Gasteiger partial charge is 0.152 e. The number of aromatic nitrogens is 1. The summed E-state index contributed by atoms with van der Waals surface area (Å²) >= 11 is 0. The lowest BCUT2D eigenvalue weighted by Gasteiger charge is -2.05. The zero-order valence-corrected chi connectivity index (χ0v) is 9.26. The van der Waals surface area contributed by atoms with Gasteiger partial charge in [0.25, 0.3) is 0 Å². The Balaban J connectivity index is 2.39. The van der Waals surface area contributed by atoms with E-state index < -0.39 is 0 Å². The average molecular weight is 221 g/mol. The SMILES string of the molecule is C=COc1cccc2cc3ccccc3nc12. The molecule has 0 saturated carbocycles. The van der Waals surface area contributed by atoms with Crippen LogP contribution in [0.25, 0.3) is 21.8 Å². The molecule has 0 radical (unpaired) electrons. The summed E-state index contributed by atoms with van der Waals surface area (Å²) in [6.45, 7) is 3.58. The van der Waals surface area contributed by atoms with Crippen LogP contribution in [0.4, 0.5) is 0 Å². The van der Waals surface area contributed by atoms with Gasteiger partial charge in [-0.3, -0.25) is 0 Å². The predicted octanol–water partition coefficient (Wildman–Crippen LogP) is 3.91. The number of hydrogen-bond donors (Lipinski definition) is 0. The molecule has 0 N–H and O–H groups in total. The molecular weight excluding hydrogens is 210 g/mol. The Hall–Kier alpha value is -2.35. The second-order valence-electron chi connectivity index (χ2n) is 3.79. The molecule has 0 spiro atoms. The van der Waals surface area contributed by atoms with Gasteiger partial charge in [0.05, 0.1) is 11.8 Å². The summed E-state index contributed by atoms with van der Waals surface area (Å²) < 4.78 is 5.37. The number of para-hydroxylation sites is 2. The fourth-order valence-corrected chi connectivity index (χ4v) is 1.96. The van der Waals surface area contributed by atoms with Crippen molar-refractivity contribution in [2.24, 2.45) is 0 Å². The summed E-state index contributed by atoms with van der Waals surface area (Å²) in [5.41, 5.74) is 1.84. The van der Waals surface area contributed by atoms with Crippen LogP contribution in [0.5, 0.6) is 5.75 Å². The van der Waals surface area contributed by atoms with Gasteiger partial charge in [0.2, 0.25) is 0 Å². The lowest BCUT2D eigenvalue weighted by Crippen LogP contribution is -1.87. The van der Waals surface area contributed by atoms with E-state index in [9.17, 15) is 0 Å². The van der Waals surface area contributed by atoms with Crippen LogP contribution in [-0.4, -0.2) is 4.98 Å². The quantitative estimate of drug-likeness (QED) is 0.483. The van der Waals surface area contributed by atoms with Crippen LogP contribution in [-0.2, 0) is 0 Å². The zero-order chi connectivity index (χ0) is 11.7. The van der Waals surface area contributed by atoms with Crippen molar-refractivity contribution in [2.45, 2.75) is 0 Å². The average Bonchev–Trinajstić information content (AvgIpc) is 2.37. The van der Waals surface area contributed by atoms with E-state index in [2.05, 4.69) is 23.7 Å². The highest BCUT2D eigenvalue weighted by atomic mass is 16.5. The van der Waals surface area contributed by atoms with Crippen molar-refractivity contribution in [2.75, 3.05) is 0 Å². The maximum atomic E-state index is 5.37. The largest absolute Gasteiger partial charge is 0.463 e. The first-order chi connectivity index (χ1) is 8.38. The monoisotopic (exact) mass is 221 g/mol. The third kappa shape index (κ3) is 1.64. The van der Waals surface area contributed by atoms with Crippen LogP contribution in [0.1, 0.15) is 0 Å². The number of nitrogens with zero attached hydrogens (tertiary/aromatic N) is 1. The van der Waals surface area contributed by atoms with Gasteiger partial charge in [0.1, 0.15) is 5.52 Å². The molecule has 2 heteroatoms. The van der Waals surface area contributed by atoms with E-state index in [0.29, 0.717) is 0 Å². The molecule has 2 nitrogen and oxygen atoms in total. The van der Waals surface area contributed by atoms with Crippen molar-refractivity contribution in [1.29, 1.82) is 0 Å². The fourth-order valence-electron chi connectivity index (χ4n) is 1.96. The molecule has 0 fully saturated rings. The summed E-state index contributed by atoms with van der Waals surface area (Å²) in [4.78, 5) is 4.62. The number of pyridine rings is 1. The van der Waals surface area contributed by atoms with Crippen molar-refractivity contribution in [1.82, 2.24) is 4.98 Å². The maximum Gasteiger partial charge on any atom is 0.152 e. The third-order valence-corrected chi connectivity index (χ3v) is 2.72. The van der Waals surface area contributed by atoms with Crippen LogP contribution in [0.3, 0.4) is 0 Å². The van der Waals surface area contributed by atoms with Crippen molar-refractivity contribution in [3.05, 3.63) is 61.4 Å². The van der Waals surface area contributed by atoms with E-state index in [-0.39, 0.29) is 0 Å². The maximum absolute atomic E-state index is 5.37. The molecular formula is C15H11NO. The van der Waals surface area contributed by atoms with E-state index in [1.54, 1.807) is 0 Å². The van der Waals surface area contributed by atoms with E-state index in [0.717, 1.165) is 27.6 Å². The van der Waals surface area contributed by atoms with Gasteiger partial charge in [-0.25, -0.2) is 4.98 Å². The molecule has 17 heavy (non-hydrogen) atoms. The first-order valence-electron chi connectivity index (χ1n) is 5.44. The van der Waals surface area contributed by atoms with Crippen molar-refractivity contribution in [3.63, 3.8) is 0 Å². The second kappa shape index (κ2) is 3.91. The van der Waals surface area contributed by atoms with Gasteiger partial charge >= 0.3 is 0 Å². The summed E-state index contributed by atoms with van der Waals surface area (Å²) in [6, 6.07) is 16.1. The highest BCUT2D eigenvalue weighted by molar-refractivity contribution is 5.95. The molecule has 1 heterocycles. The van der Waals surface area contributed by atoms with Crippen LogP contribution in [0.2, 0.25) is 0 Å². The Kier molecular flexibility index (Phi) is 2.26. The van der Waals surface area contributed by atoms with Gasteiger partial charge < -0.3 is 4.74 Å². The molecule has 82 valence electrons. The van der Waals surface area contributed by atoms with Gasteiger partial charge in [0.15, 0.2) is 5.75 Å². The van der Waals surface area contributed by atoms with Crippen molar-refractivity contribution < 1.29 is 4.74 Å². The number of fused-ring (bicyclic) bond motifs is 2. The Labute approximate surface area is 99.2 Å². The van der Waals surface area contributed by atoms with Crippen LogP contribution >= 0.6 is 0 Å². The number of ether oxygens (including phenoxy) is 1. The minimum absolute atomic E-state index is 0.739. The molecule has 0 amide bonds. The molecule has 3 rings (SSSR count). The van der Waals surface area contributed by atoms with Gasteiger partial charge in [-0.2, -0.15) is 0 Å². The zero-order valence-electron chi connectivity index (χ0n) is 9.26. The van der Waals surface area contributed by atoms with Gasteiger partial charge in [-0.05, 0) is 18.2 Å². The molecule has 1 aromatic heterocycles. The molecule has 3 aromatic rings. The summed E-state index contributed by atoms with van der Waals surface area (Å²) in [6.07, 6.45) is 1.42. The molecule has 0 aliphatic carbocycles. The van der Waals surface area contributed by atoms with Crippen molar-refractivity contribution in [3.8, 4) is 5.75 Å². The fraction of sp³-hybridized carbons (Fsp3) is 0. The Bertz CT molecular complexity index is 703. The second-order valence-corrected chi connectivity index (χ2v) is 3.79. The highest BCUT2D eigenvalue weighted by Crippen LogP contribution is 2.27. The normalized spacial score (nSPS) is 10.6. The Morgan fingerprint density at radius 2 is 1.82 bits per heavy atom. The number of hydrogen-bond acceptors (Lipinski definition) is 2.